The van der Waals surface area contributed by atoms with Crippen LogP contribution in [0.5, 0.6) is 0 Å². The highest BCUT2D eigenvalue weighted by Gasteiger charge is 2.38. The third-order valence-electron chi connectivity index (χ3n) is 3.76. The van der Waals surface area contributed by atoms with E-state index in [2.05, 4.69) is 5.32 Å². The van der Waals surface area contributed by atoms with Gasteiger partial charge < -0.3 is 14.6 Å². The topological polar surface area (TPSA) is 71.1 Å². The number of aliphatic hydroxyl groups excluding tert-OH is 1. The summed E-state index contributed by atoms with van der Waals surface area (Å²) in [4.78, 5) is 12.0. The molecule has 2 aromatic rings. The minimum Gasteiger partial charge on any atom is -0.444 e. The molecule has 1 heterocycles. The normalized spacial score (nSPS) is 19.2. The lowest BCUT2D eigenvalue weighted by Gasteiger charge is -2.11. The van der Waals surface area contributed by atoms with E-state index in [4.69, 9.17) is 14.6 Å². The van der Waals surface area contributed by atoms with Gasteiger partial charge in [0.05, 0.1) is 12.7 Å². The van der Waals surface area contributed by atoms with Crippen molar-refractivity contribution < 1.29 is 19.4 Å². The van der Waals surface area contributed by atoms with Crippen molar-refractivity contribution >= 4 is 11.8 Å². The summed E-state index contributed by atoms with van der Waals surface area (Å²) in [6, 6.07) is 17.1. The summed E-state index contributed by atoms with van der Waals surface area (Å²) in [5.41, 5.74) is 2.61. The molecule has 1 saturated heterocycles. The van der Waals surface area contributed by atoms with E-state index in [0.29, 0.717) is 12.1 Å². The summed E-state index contributed by atoms with van der Waals surface area (Å²) >= 11 is 0. The quantitative estimate of drug-likeness (QED) is 0.805. The molecular formula is C18H19NO4. The maximum atomic E-state index is 12.0. The van der Waals surface area contributed by atoms with Gasteiger partial charge in [-0.2, -0.15) is 0 Å². The number of aliphatic hydroxyl groups is 1. The average Bonchev–Trinajstić information content (AvgIpc) is 3.34. The van der Waals surface area contributed by atoms with Crippen molar-refractivity contribution in [2.75, 3.05) is 11.9 Å². The van der Waals surface area contributed by atoms with Crippen molar-refractivity contribution in [3.05, 3.63) is 65.7 Å². The largest absolute Gasteiger partial charge is 0.444 e. The van der Waals surface area contributed by atoms with Gasteiger partial charge in [0.1, 0.15) is 12.7 Å². The molecule has 5 nitrogen and oxygen atoms in total. The Morgan fingerprint density at radius 3 is 2.57 bits per heavy atom. The number of carbonyl (C=O) groups excluding carboxylic acids is 1. The van der Waals surface area contributed by atoms with Gasteiger partial charge in [-0.25, -0.2) is 4.79 Å². The number of hydrogen-bond donors (Lipinski definition) is 2. The van der Waals surface area contributed by atoms with E-state index in [0.717, 1.165) is 11.1 Å². The first-order valence-corrected chi connectivity index (χ1v) is 7.58. The predicted octanol–water partition coefficient (Wildman–Crippen LogP) is 2.74. The molecule has 1 fully saturated rings. The lowest BCUT2D eigenvalue weighted by Crippen LogP contribution is -2.15. The van der Waals surface area contributed by atoms with Crippen LogP contribution in [-0.4, -0.2) is 30.0 Å². The SMILES string of the molecule is O=C(Nc1ccccc1C[C@H]1O[C@H]1CO)OCc1ccccc1. The van der Waals surface area contributed by atoms with Gasteiger partial charge in [-0.1, -0.05) is 48.5 Å². The van der Waals surface area contributed by atoms with E-state index in [1.165, 1.54) is 0 Å². The van der Waals surface area contributed by atoms with Crippen LogP contribution in [0, 0.1) is 0 Å². The van der Waals surface area contributed by atoms with Gasteiger partial charge in [0.15, 0.2) is 0 Å². The number of rotatable bonds is 6. The maximum Gasteiger partial charge on any atom is 0.411 e. The van der Waals surface area contributed by atoms with Crippen LogP contribution in [0.15, 0.2) is 54.6 Å². The third-order valence-corrected chi connectivity index (χ3v) is 3.76. The van der Waals surface area contributed by atoms with Crippen LogP contribution in [0.3, 0.4) is 0 Å². The number of benzene rings is 2. The second kappa shape index (κ2) is 7.26. The van der Waals surface area contributed by atoms with Crippen molar-refractivity contribution in [2.45, 2.75) is 25.2 Å². The molecule has 0 saturated carbocycles. The molecule has 0 bridgehead atoms. The Morgan fingerprint density at radius 1 is 1.09 bits per heavy atom. The molecule has 1 amide bonds. The van der Waals surface area contributed by atoms with Crippen molar-refractivity contribution in [2.24, 2.45) is 0 Å². The number of epoxide rings is 1. The number of para-hydroxylation sites is 1. The predicted molar refractivity (Wildman–Crippen MR) is 86.1 cm³/mol. The molecule has 0 radical (unpaired) electrons. The molecule has 120 valence electrons. The van der Waals surface area contributed by atoms with Crippen LogP contribution in [0.2, 0.25) is 0 Å². The number of hydrogen-bond acceptors (Lipinski definition) is 4. The number of ether oxygens (including phenoxy) is 2. The first-order valence-electron chi connectivity index (χ1n) is 7.58. The van der Waals surface area contributed by atoms with E-state index < -0.39 is 6.09 Å². The average molecular weight is 313 g/mol. The van der Waals surface area contributed by atoms with Gasteiger partial charge in [0.2, 0.25) is 0 Å². The minimum atomic E-state index is -0.489. The summed E-state index contributed by atoms with van der Waals surface area (Å²) in [5.74, 6) is 0. The summed E-state index contributed by atoms with van der Waals surface area (Å²) in [5, 5.41) is 11.8. The van der Waals surface area contributed by atoms with Gasteiger partial charge in [-0.15, -0.1) is 0 Å². The van der Waals surface area contributed by atoms with Gasteiger partial charge in [0.25, 0.3) is 0 Å². The molecule has 2 aromatic carbocycles. The zero-order valence-electron chi connectivity index (χ0n) is 12.6. The number of anilines is 1. The molecule has 3 rings (SSSR count). The fourth-order valence-electron chi connectivity index (χ4n) is 2.43. The summed E-state index contributed by atoms with van der Waals surface area (Å²) in [7, 11) is 0. The highest BCUT2D eigenvalue weighted by atomic mass is 16.6. The van der Waals surface area contributed by atoms with E-state index in [9.17, 15) is 4.79 Å². The Labute approximate surface area is 134 Å². The molecule has 2 N–H and O–H groups in total. The van der Waals surface area contributed by atoms with Gasteiger partial charge >= 0.3 is 6.09 Å². The van der Waals surface area contributed by atoms with Crippen molar-refractivity contribution in [1.29, 1.82) is 0 Å². The van der Waals surface area contributed by atoms with E-state index in [1.54, 1.807) is 0 Å². The Kier molecular flexibility index (Phi) is 4.90. The van der Waals surface area contributed by atoms with Crippen LogP contribution in [0.4, 0.5) is 10.5 Å². The highest BCUT2D eigenvalue weighted by Crippen LogP contribution is 2.28. The molecule has 1 aliphatic heterocycles. The fraction of sp³-hybridized carbons (Fsp3) is 0.278. The molecule has 23 heavy (non-hydrogen) atoms. The zero-order valence-corrected chi connectivity index (χ0v) is 12.6. The van der Waals surface area contributed by atoms with Gasteiger partial charge in [0, 0.05) is 12.1 Å². The van der Waals surface area contributed by atoms with Crippen molar-refractivity contribution in [3.8, 4) is 0 Å². The molecule has 2 atom stereocenters. The number of amides is 1. The van der Waals surface area contributed by atoms with Crippen LogP contribution >= 0.6 is 0 Å². The van der Waals surface area contributed by atoms with E-state index in [1.807, 2.05) is 54.6 Å². The van der Waals surface area contributed by atoms with Crippen molar-refractivity contribution in [1.82, 2.24) is 0 Å². The molecule has 5 heteroatoms. The lowest BCUT2D eigenvalue weighted by atomic mass is 10.1. The standard InChI is InChI=1S/C18H19NO4/c20-11-17-16(23-17)10-14-8-4-5-9-15(14)19-18(21)22-12-13-6-2-1-3-7-13/h1-9,16-17,20H,10-12H2,(H,19,21)/t16-,17+/m1/s1. The van der Waals surface area contributed by atoms with Gasteiger partial charge in [-0.3, -0.25) is 5.32 Å². The Morgan fingerprint density at radius 2 is 1.83 bits per heavy atom. The molecular weight excluding hydrogens is 294 g/mol. The molecule has 0 aromatic heterocycles. The number of carbonyl (C=O) groups is 1. The van der Waals surface area contributed by atoms with Crippen LogP contribution in [-0.2, 0) is 22.5 Å². The third kappa shape index (κ3) is 4.31. The second-order valence-corrected chi connectivity index (χ2v) is 5.44. The Hall–Kier alpha value is -2.37. The van der Waals surface area contributed by atoms with Crippen LogP contribution in [0.1, 0.15) is 11.1 Å². The molecule has 0 aliphatic carbocycles. The maximum absolute atomic E-state index is 12.0. The number of nitrogens with one attached hydrogen (secondary N) is 1. The van der Waals surface area contributed by atoms with Gasteiger partial charge in [-0.05, 0) is 17.2 Å². The summed E-state index contributed by atoms with van der Waals surface area (Å²) in [6.45, 7) is 0.256. The second-order valence-electron chi connectivity index (χ2n) is 5.44. The van der Waals surface area contributed by atoms with Crippen molar-refractivity contribution in [3.63, 3.8) is 0 Å². The Bertz CT molecular complexity index is 659. The van der Waals surface area contributed by atoms with Crippen LogP contribution < -0.4 is 5.32 Å². The zero-order chi connectivity index (χ0) is 16.1. The Balaban J connectivity index is 1.55. The first kappa shape index (κ1) is 15.5. The molecule has 0 spiro atoms. The van der Waals surface area contributed by atoms with Crippen LogP contribution in [0.25, 0.3) is 0 Å². The molecule has 1 aliphatic rings. The summed E-state index contributed by atoms with van der Waals surface area (Å²) < 4.78 is 10.6. The lowest BCUT2D eigenvalue weighted by molar-refractivity contribution is 0.155. The molecule has 0 unspecified atom stereocenters. The minimum absolute atomic E-state index is 0.0169. The fourth-order valence-corrected chi connectivity index (χ4v) is 2.43. The first-order chi connectivity index (χ1) is 11.3. The smallest absolute Gasteiger partial charge is 0.411 e. The monoisotopic (exact) mass is 313 g/mol. The highest BCUT2D eigenvalue weighted by molar-refractivity contribution is 5.85. The van der Waals surface area contributed by atoms with E-state index >= 15 is 0 Å². The van der Waals surface area contributed by atoms with E-state index in [-0.39, 0.29) is 25.4 Å². The summed E-state index contributed by atoms with van der Waals surface area (Å²) in [6.07, 6.45) is 0.0912.